The molecule has 1 aliphatic heterocycles. The fourth-order valence-electron chi connectivity index (χ4n) is 2.08. The van der Waals surface area contributed by atoms with Gasteiger partial charge < -0.3 is 10.0 Å². The van der Waals surface area contributed by atoms with Crippen LogP contribution in [0.25, 0.3) is 0 Å². The highest BCUT2D eigenvalue weighted by Gasteiger charge is 2.64. The van der Waals surface area contributed by atoms with Crippen molar-refractivity contribution >= 4 is 23.6 Å². The molecule has 0 radical (unpaired) electrons. The van der Waals surface area contributed by atoms with E-state index in [1.165, 1.54) is 0 Å². The van der Waals surface area contributed by atoms with Crippen molar-refractivity contribution in [2.45, 2.75) is 25.4 Å². The lowest BCUT2D eigenvalue weighted by Crippen LogP contribution is -2.47. The van der Waals surface area contributed by atoms with Crippen molar-refractivity contribution in [2.24, 2.45) is 5.41 Å². The monoisotopic (exact) mass is 299 g/mol. The van der Waals surface area contributed by atoms with E-state index in [0.29, 0.717) is 6.42 Å². The fourth-order valence-corrected chi connectivity index (χ4v) is 2.51. The lowest BCUT2D eigenvalue weighted by Gasteiger charge is -2.27. The van der Waals surface area contributed by atoms with Gasteiger partial charge in [0.2, 0.25) is 5.91 Å². The number of alkyl halides is 3. The maximum Gasteiger partial charge on any atom is 0.406 e. The van der Waals surface area contributed by atoms with Gasteiger partial charge in [0, 0.05) is 19.5 Å². The van der Waals surface area contributed by atoms with E-state index in [1.54, 1.807) is 11.8 Å². The number of hydrogen-bond acceptors (Lipinski definition) is 3. The predicted octanol–water partition coefficient (Wildman–Crippen LogP) is 2.00. The molecule has 1 N–H and O–H groups in total. The van der Waals surface area contributed by atoms with E-state index in [1.807, 2.05) is 6.26 Å². The van der Waals surface area contributed by atoms with Gasteiger partial charge >= 0.3 is 12.1 Å². The summed E-state index contributed by atoms with van der Waals surface area (Å²) in [4.78, 5) is 23.7. The van der Waals surface area contributed by atoms with E-state index >= 15 is 0 Å². The Bertz CT molecular complexity index is 362. The number of thioether (sulfide) groups is 1. The number of likely N-dealkylation sites (tertiary alicyclic amines) is 1. The molecule has 1 fully saturated rings. The summed E-state index contributed by atoms with van der Waals surface area (Å²) in [5.41, 5.74) is -2.80. The number of carbonyl (C=O) groups is 2. The van der Waals surface area contributed by atoms with Gasteiger partial charge in [-0.2, -0.15) is 24.9 Å². The molecule has 0 aromatic rings. The Labute approximate surface area is 113 Å². The Morgan fingerprint density at radius 1 is 1.42 bits per heavy atom. The van der Waals surface area contributed by atoms with E-state index in [0.717, 1.165) is 10.7 Å². The van der Waals surface area contributed by atoms with Gasteiger partial charge in [-0.3, -0.25) is 9.59 Å². The maximum absolute atomic E-state index is 12.9. The maximum atomic E-state index is 12.9. The van der Waals surface area contributed by atoms with E-state index in [4.69, 9.17) is 5.11 Å². The van der Waals surface area contributed by atoms with Gasteiger partial charge in [-0.15, -0.1) is 0 Å². The summed E-state index contributed by atoms with van der Waals surface area (Å²) in [6, 6.07) is 0. The Kier molecular flexibility index (Phi) is 5.11. The third-order valence-electron chi connectivity index (χ3n) is 3.31. The number of carboxylic acids is 1. The number of rotatable bonds is 5. The zero-order valence-corrected chi connectivity index (χ0v) is 11.3. The van der Waals surface area contributed by atoms with Crippen LogP contribution in [0.2, 0.25) is 0 Å². The van der Waals surface area contributed by atoms with Crippen LogP contribution in [0.15, 0.2) is 0 Å². The normalized spacial score (nSPS) is 23.7. The molecule has 0 aliphatic carbocycles. The van der Waals surface area contributed by atoms with Gasteiger partial charge in [0.05, 0.1) is 0 Å². The van der Waals surface area contributed by atoms with Crippen LogP contribution in [0.3, 0.4) is 0 Å². The number of hydrogen-bond donors (Lipinski definition) is 1. The molecular weight excluding hydrogens is 283 g/mol. The zero-order valence-electron chi connectivity index (χ0n) is 10.5. The molecule has 4 nitrogen and oxygen atoms in total. The highest BCUT2D eigenvalue weighted by molar-refractivity contribution is 7.98. The first kappa shape index (κ1) is 16.1. The summed E-state index contributed by atoms with van der Waals surface area (Å²) < 4.78 is 38.7. The molecule has 1 aliphatic rings. The van der Waals surface area contributed by atoms with E-state index < -0.39 is 36.4 Å². The van der Waals surface area contributed by atoms with Crippen LogP contribution < -0.4 is 0 Å². The lowest BCUT2D eigenvalue weighted by molar-refractivity contribution is -0.227. The van der Waals surface area contributed by atoms with Crippen LogP contribution in [0.4, 0.5) is 13.2 Å². The molecule has 0 spiro atoms. The van der Waals surface area contributed by atoms with Crippen molar-refractivity contribution in [3.63, 3.8) is 0 Å². The summed E-state index contributed by atoms with van der Waals surface area (Å²) in [6.45, 7) is -0.923. The molecule has 19 heavy (non-hydrogen) atoms. The fraction of sp³-hybridized carbons (Fsp3) is 0.818. The number of aliphatic carboxylic acids is 1. The second kappa shape index (κ2) is 6.02. The summed E-state index contributed by atoms with van der Waals surface area (Å²) in [6.07, 6.45) is -2.79. The van der Waals surface area contributed by atoms with Crippen molar-refractivity contribution in [2.75, 3.05) is 25.1 Å². The summed E-state index contributed by atoms with van der Waals surface area (Å²) in [5.74, 6) is -1.55. The summed E-state index contributed by atoms with van der Waals surface area (Å²) in [5, 5.41) is 8.85. The first-order valence-electron chi connectivity index (χ1n) is 5.81. The number of halogens is 3. The molecule has 1 amide bonds. The van der Waals surface area contributed by atoms with Crippen LogP contribution >= 0.6 is 11.8 Å². The largest absolute Gasteiger partial charge is 0.481 e. The minimum Gasteiger partial charge on any atom is -0.481 e. The van der Waals surface area contributed by atoms with Gasteiger partial charge in [0.15, 0.2) is 5.41 Å². The quantitative estimate of drug-likeness (QED) is 0.789. The molecule has 1 unspecified atom stereocenters. The van der Waals surface area contributed by atoms with Gasteiger partial charge in [-0.1, -0.05) is 0 Å². The highest BCUT2D eigenvalue weighted by Crippen LogP contribution is 2.45. The van der Waals surface area contributed by atoms with Gasteiger partial charge in [0.1, 0.15) is 0 Å². The third-order valence-corrected chi connectivity index (χ3v) is 4.01. The van der Waals surface area contributed by atoms with Crippen molar-refractivity contribution in [3.05, 3.63) is 0 Å². The topological polar surface area (TPSA) is 57.6 Å². The Morgan fingerprint density at radius 2 is 2.05 bits per heavy atom. The third kappa shape index (κ3) is 3.34. The van der Waals surface area contributed by atoms with Crippen LogP contribution in [-0.2, 0) is 9.59 Å². The van der Waals surface area contributed by atoms with Crippen molar-refractivity contribution in [1.82, 2.24) is 4.90 Å². The van der Waals surface area contributed by atoms with Crippen LogP contribution in [0.1, 0.15) is 19.3 Å². The van der Waals surface area contributed by atoms with Crippen LogP contribution in [-0.4, -0.2) is 53.2 Å². The molecule has 0 aromatic heterocycles. The lowest BCUT2D eigenvalue weighted by atomic mass is 9.86. The highest BCUT2D eigenvalue weighted by atomic mass is 32.2. The second-order valence-corrected chi connectivity index (χ2v) is 5.53. The van der Waals surface area contributed by atoms with Crippen molar-refractivity contribution in [1.29, 1.82) is 0 Å². The number of nitrogens with zero attached hydrogens (tertiary/aromatic N) is 1. The molecule has 1 saturated heterocycles. The minimum atomic E-state index is -4.84. The SMILES string of the molecule is CSCCCC(=O)N1CCC(C(=O)O)(C(F)(F)F)C1. The average molecular weight is 299 g/mol. The molecule has 0 bridgehead atoms. The van der Waals surface area contributed by atoms with Crippen molar-refractivity contribution in [3.8, 4) is 0 Å². The Hall–Kier alpha value is -0.920. The van der Waals surface area contributed by atoms with Crippen LogP contribution in [0.5, 0.6) is 0 Å². The molecule has 1 rings (SSSR count). The Balaban J connectivity index is 2.70. The van der Waals surface area contributed by atoms with Gasteiger partial charge in [-0.05, 0) is 24.9 Å². The average Bonchev–Trinajstić information content (AvgIpc) is 2.74. The first-order chi connectivity index (χ1) is 8.74. The number of amides is 1. The Morgan fingerprint density at radius 3 is 2.47 bits per heavy atom. The standard InChI is InChI=1S/C11H16F3NO3S/c1-19-6-2-3-8(16)15-5-4-10(7-15,9(17)18)11(12,13)14/h2-7H2,1H3,(H,17,18). The van der Waals surface area contributed by atoms with E-state index in [2.05, 4.69) is 0 Å². The predicted molar refractivity (Wildman–Crippen MR) is 64.9 cm³/mol. The number of carboxylic acid groups (broad SMARTS) is 1. The molecule has 8 heteroatoms. The van der Waals surface area contributed by atoms with Gasteiger partial charge in [0.25, 0.3) is 0 Å². The van der Waals surface area contributed by atoms with E-state index in [-0.39, 0.29) is 13.0 Å². The molecule has 110 valence electrons. The summed E-state index contributed by atoms with van der Waals surface area (Å²) in [7, 11) is 0. The van der Waals surface area contributed by atoms with E-state index in [9.17, 15) is 22.8 Å². The van der Waals surface area contributed by atoms with Gasteiger partial charge in [-0.25, -0.2) is 0 Å². The molecule has 0 aromatic carbocycles. The zero-order chi connectivity index (χ0) is 14.7. The molecule has 1 atom stereocenters. The van der Waals surface area contributed by atoms with Crippen molar-refractivity contribution < 1.29 is 27.9 Å². The van der Waals surface area contributed by atoms with Crippen LogP contribution in [0, 0.1) is 5.41 Å². The number of carbonyl (C=O) groups excluding carboxylic acids is 1. The summed E-state index contributed by atoms with van der Waals surface area (Å²) >= 11 is 1.55. The first-order valence-corrected chi connectivity index (χ1v) is 7.21. The molecular formula is C11H16F3NO3S. The smallest absolute Gasteiger partial charge is 0.406 e. The molecule has 1 heterocycles. The minimum absolute atomic E-state index is 0.149. The molecule has 0 saturated carbocycles. The second-order valence-electron chi connectivity index (χ2n) is 4.55.